The number of nitrogens with zero attached hydrogens (tertiary/aromatic N) is 1. The van der Waals surface area contributed by atoms with Gasteiger partial charge in [-0.25, -0.2) is 0 Å². The lowest BCUT2D eigenvalue weighted by molar-refractivity contribution is -0.132. The summed E-state index contributed by atoms with van der Waals surface area (Å²) in [5.41, 5.74) is 6.84. The lowest BCUT2D eigenvalue weighted by Crippen LogP contribution is -2.44. The fourth-order valence-electron chi connectivity index (χ4n) is 2.22. The third-order valence-electron chi connectivity index (χ3n) is 3.27. The van der Waals surface area contributed by atoms with Crippen LogP contribution in [-0.2, 0) is 16.1 Å². The number of methoxy groups -OCH3 is 1. The van der Waals surface area contributed by atoms with Gasteiger partial charge in [-0.2, -0.15) is 0 Å². The maximum absolute atomic E-state index is 12.0. The molecule has 1 amide bonds. The number of ether oxygens (including phenoxy) is 1. The van der Waals surface area contributed by atoms with Crippen molar-refractivity contribution in [1.82, 2.24) is 4.90 Å². The molecule has 0 saturated carbocycles. The van der Waals surface area contributed by atoms with Gasteiger partial charge in [-0.05, 0) is 22.4 Å². The molecular formula is C16H20N2O2. The van der Waals surface area contributed by atoms with Crippen molar-refractivity contribution in [3.8, 4) is 0 Å². The highest BCUT2D eigenvalue weighted by molar-refractivity contribution is 5.84. The highest BCUT2D eigenvalue weighted by Gasteiger charge is 2.17. The molecule has 2 rings (SSSR count). The van der Waals surface area contributed by atoms with Crippen molar-refractivity contribution in [1.29, 1.82) is 0 Å². The molecule has 0 fully saturated rings. The van der Waals surface area contributed by atoms with E-state index in [4.69, 9.17) is 10.5 Å². The Kier molecular flexibility index (Phi) is 4.71. The molecule has 0 aliphatic heterocycles. The van der Waals surface area contributed by atoms with Crippen LogP contribution in [0, 0.1) is 0 Å². The average Bonchev–Trinajstić information content (AvgIpc) is 2.46. The maximum Gasteiger partial charge on any atom is 0.241 e. The highest BCUT2D eigenvalue weighted by atomic mass is 16.5. The van der Waals surface area contributed by atoms with E-state index in [2.05, 4.69) is 24.3 Å². The fraction of sp³-hybridized carbons (Fsp3) is 0.312. The van der Waals surface area contributed by atoms with Crippen LogP contribution in [0.2, 0.25) is 0 Å². The lowest BCUT2D eigenvalue weighted by atomic mass is 10.1. The van der Waals surface area contributed by atoms with E-state index in [0.717, 1.165) is 5.56 Å². The molecule has 0 heterocycles. The Bertz CT molecular complexity index is 598. The Balaban J connectivity index is 2.09. The molecule has 0 aliphatic rings. The van der Waals surface area contributed by atoms with Crippen molar-refractivity contribution < 1.29 is 9.53 Å². The predicted octanol–water partition coefficient (Wildman–Crippen LogP) is 1.77. The van der Waals surface area contributed by atoms with Gasteiger partial charge in [0.2, 0.25) is 5.91 Å². The third-order valence-corrected chi connectivity index (χ3v) is 3.27. The van der Waals surface area contributed by atoms with Gasteiger partial charge in [-0.15, -0.1) is 0 Å². The Labute approximate surface area is 119 Å². The standard InChI is InChI=1S/C16H20N2O2/c1-18(16(19)15(17)11-20-2)10-12-7-8-13-5-3-4-6-14(13)9-12/h3-9,15H,10-11,17H2,1-2H3. The van der Waals surface area contributed by atoms with E-state index in [1.807, 2.05) is 18.2 Å². The number of rotatable bonds is 5. The Morgan fingerprint density at radius 1 is 1.25 bits per heavy atom. The predicted molar refractivity (Wildman–Crippen MR) is 80.3 cm³/mol. The van der Waals surface area contributed by atoms with Gasteiger partial charge >= 0.3 is 0 Å². The monoisotopic (exact) mass is 272 g/mol. The SMILES string of the molecule is COCC(N)C(=O)N(C)Cc1ccc2ccccc2c1. The van der Waals surface area contributed by atoms with E-state index in [0.29, 0.717) is 6.54 Å². The topological polar surface area (TPSA) is 55.6 Å². The van der Waals surface area contributed by atoms with E-state index in [1.165, 1.54) is 17.9 Å². The van der Waals surface area contributed by atoms with Gasteiger partial charge in [0.1, 0.15) is 6.04 Å². The second kappa shape index (κ2) is 6.50. The Hall–Kier alpha value is -1.91. The summed E-state index contributed by atoms with van der Waals surface area (Å²) in [5.74, 6) is -0.111. The molecule has 0 aliphatic carbocycles. The number of benzene rings is 2. The van der Waals surface area contributed by atoms with Crippen molar-refractivity contribution >= 4 is 16.7 Å². The molecule has 106 valence electrons. The van der Waals surface area contributed by atoms with Crippen LogP contribution in [0.1, 0.15) is 5.56 Å². The second-order valence-corrected chi connectivity index (χ2v) is 4.94. The van der Waals surface area contributed by atoms with E-state index in [9.17, 15) is 4.79 Å². The van der Waals surface area contributed by atoms with Crippen LogP contribution in [0.5, 0.6) is 0 Å². The van der Waals surface area contributed by atoms with Gasteiger partial charge in [-0.3, -0.25) is 4.79 Å². The minimum absolute atomic E-state index is 0.111. The Morgan fingerprint density at radius 2 is 1.95 bits per heavy atom. The number of amides is 1. The van der Waals surface area contributed by atoms with Crippen molar-refractivity contribution in [3.05, 3.63) is 48.0 Å². The van der Waals surface area contributed by atoms with Crippen LogP contribution in [0.25, 0.3) is 10.8 Å². The molecule has 2 aromatic rings. The summed E-state index contributed by atoms with van der Waals surface area (Å²) in [5, 5.41) is 2.37. The van der Waals surface area contributed by atoms with Gasteiger partial charge in [0.05, 0.1) is 6.61 Å². The summed E-state index contributed by atoms with van der Waals surface area (Å²) in [6.45, 7) is 0.780. The number of hydrogen-bond donors (Lipinski definition) is 1. The van der Waals surface area contributed by atoms with E-state index < -0.39 is 6.04 Å². The van der Waals surface area contributed by atoms with Gasteiger partial charge in [0, 0.05) is 20.7 Å². The number of likely N-dealkylation sites (N-methyl/N-ethyl adjacent to an activating group) is 1. The summed E-state index contributed by atoms with van der Waals surface area (Å²) < 4.78 is 4.91. The first-order valence-electron chi connectivity index (χ1n) is 6.59. The smallest absolute Gasteiger partial charge is 0.241 e. The lowest BCUT2D eigenvalue weighted by Gasteiger charge is -2.21. The average molecular weight is 272 g/mol. The van der Waals surface area contributed by atoms with Crippen LogP contribution in [0.15, 0.2) is 42.5 Å². The van der Waals surface area contributed by atoms with Gasteiger partial charge in [-0.1, -0.05) is 36.4 Å². The summed E-state index contributed by atoms with van der Waals surface area (Å²) >= 11 is 0. The van der Waals surface area contributed by atoms with Crippen molar-refractivity contribution in [3.63, 3.8) is 0 Å². The first kappa shape index (κ1) is 14.5. The first-order valence-corrected chi connectivity index (χ1v) is 6.59. The third kappa shape index (κ3) is 3.35. The molecule has 0 radical (unpaired) electrons. The molecule has 4 heteroatoms. The molecule has 1 unspecified atom stereocenters. The summed E-state index contributed by atoms with van der Waals surface area (Å²) in [4.78, 5) is 13.7. The molecule has 0 bridgehead atoms. The highest BCUT2D eigenvalue weighted by Crippen LogP contribution is 2.16. The van der Waals surface area contributed by atoms with Gasteiger partial charge < -0.3 is 15.4 Å². The van der Waals surface area contributed by atoms with Crippen LogP contribution < -0.4 is 5.73 Å². The molecule has 0 saturated heterocycles. The number of carbonyl (C=O) groups is 1. The zero-order valence-electron chi connectivity index (χ0n) is 11.9. The largest absolute Gasteiger partial charge is 0.383 e. The van der Waals surface area contributed by atoms with Crippen molar-refractivity contribution in [2.24, 2.45) is 5.73 Å². The minimum Gasteiger partial charge on any atom is -0.383 e. The zero-order chi connectivity index (χ0) is 14.5. The molecule has 0 spiro atoms. The first-order chi connectivity index (χ1) is 9.61. The minimum atomic E-state index is -0.606. The van der Waals surface area contributed by atoms with E-state index in [1.54, 1.807) is 11.9 Å². The van der Waals surface area contributed by atoms with Crippen molar-refractivity contribution in [2.45, 2.75) is 12.6 Å². The molecule has 2 N–H and O–H groups in total. The molecule has 4 nitrogen and oxygen atoms in total. The molecule has 20 heavy (non-hydrogen) atoms. The molecule has 2 aromatic carbocycles. The fourth-order valence-corrected chi connectivity index (χ4v) is 2.22. The summed E-state index contributed by atoms with van der Waals surface area (Å²) in [6.07, 6.45) is 0. The Morgan fingerprint density at radius 3 is 2.65 bits per heavy atom. The van der Waals surface area contributed by atoms with Crippen molar-refractivity contribution in [2.75, 3.05) is 20.8 Å². The van der Waals surface area contributed by atoms with Gasteiger partial charge in [0.15, 0.2) is 0 Å². The number of carbonyl (C=O) groups excluding carboxylic acids is 1. The maximum atomic E-state index is 12.0. The number of fused-ring (bicyclic) bond motifs is 1. The van der Waals surface area contributed by atoms with E-state index in [-0.39, 0.29) is 12.5 Å². The zero-order valence-corrected chi connectivity index (χ0v) is 11.9. The summed E-state index contributed by atoms with van der Waals surface area (Å²) in [6, 6.07) is 13.8. The normalized spacial score (nSPS) is 12.3. The van der Waals surface area contributed by atoms with Crippen LogP contribution in [-0.4, -0.2) is 37.6 Å². The molecular weight excluding hydrogens is 252 g/mol. The summed E-state index contributed by atoms with van der Waals surface area (Å²) in [7, 11) is 3.30. The van der Waals surface area contributed by atoms with Gasteiger partial charge in [0.25, 0.3) is 0 Å². The van der Waals surface area contributed by atoms with Crippen LogP contribution in [0.4, 0.5) is 0 Å². The van der Waals surface area contributed by atoms with E-state index >= 15 is 0 Å². The molecule has 0 aromatic heterocycles. The molecule has 1 atom stereocenters. The quantitative estimate of drug-likeness (QED) is 0.902. The second-order valence-electron chi connectivity index (χ2n) is 4.94. The van der Waals surface area contributed by atoms with Crippen LogP contribution in [0.3, 0.4) is 0 Å². The number of nitrogens with two attached hydrogens (primary N) is 1. The number of hydrogen-bond acceptors (Lipinski definition) is 3. The van der Waals surface area contributed by atoms with Crippen LogP contribution >= 0.6 is 0 Å².